The lowest BCUT2D eigenvalue weighted by Gasteiger charge is -2.08. The van der Waals surface area contributed by atoms with Crippen LogP contribution in [-0.4, -0.2) is 35.4 Å². The first-order chi connectivity index (χ1) is 11.8. The number of aromatic nitrogens is 2. The molecule has 130 valence electrons. The van der Waals surface area contributed by atoms with Gasteiger partial charge in [-0.15, -0.1) is 0 Å². The smallest absolute Gasteiger partial charge is 0.328 e. The van der Waals surface area contributed by atoms with Crippen LogP contribution in [-0.2, 0) is 19.6 Å². The lowest BCUT2D eigenvalue weighted by Crippen LogP contribution is -2.15. The fourth-order valence-electron chi connectivity index (χ4n) is 1.67. The van der Waals surface area contributed by atoms with Crippen molar-refractivity contribution in [3.05, 3.63) is 54.4 Å². The number of amides is 1. The number of nitrogens with one attached hydrogen (secondary N) is 2. The summed E-state index contributed by atoms with van der Waals surface area (Å²) in [6, 6.07) is 5.31. The number of rotatable bonds is 6. The zero-order chi connectivity index (χ0) is 18.4. The van der Waals surface area contributed by atoms with Gasteiger partial charge in [-0.25, -0.2) is 27.9 Å². The average molecular weight is 362 g/mol. The van der Waals surface area contributed by atoms with E-state index in [1.54, 1.807) is 6.92 Å². The fourth-order valence-corrected chi connectivity index (χ4v) is 2.63. The van der Waals surface area contributed by atoms with E-state index >= 15 is 0 Å². The lowest BCUT2D eigenvalue weighted by molar-refractivity contribution is -0.131. The second-order valence-corrected chi connectivity index (χ2v) is 6.56. The zero-order valence-electron chi connectivity index (χ0n) is 13.0. The van der Waals surface area contributed by atoms with Gasteiger partial charge < -0.3 is 10.4 Å². The Morgan fingerprint density at radius 2 is 1.68 bits per heavy atom. The number of benzene rings is 1. The Balaban J connectivity index is 2.09. The number of carboxylic acid groups (broad SMARTS) is 1. The third-order valence-electron chi connectivity index (χ3n) is 2.82. The van der Waals surface area contributed by atoms with Crippen molar-refractivity contribution in [3.63, 3.8) is 0 Å². The first kappa shape index (κ1) is 18.1. The standard InChI is InChI=1S/C15H14N4O5S/c1-10-8-16-15(17-9-10)19-25(23,24)12-4-2-11(3-5-12)18-13(20)6-7-14(21)22/h2-9H,1H3,(H,18,20)(H,21,22)(H,16,17,19)/b7-6-. The number of anilines is 2. The molecular weight excluding hydrogens is 348 g/mol. The maximum atomic E-state index is 12.2. The highest BCUT2D eigenvalue weighted by atomic mass is 32.2. The first-order valence-electron chi connectivity index (χ1n) is 6.90. The van der Waals surface area contributed by atoms with Gasteiger partial charge in [0.2, 0.25) is 11.9 Å². The number of hydrogen-bond donors (Lipinski definition) is 3. The number of carbonyl (C=O) groups is 2. The summed E-state index contributed by atoms with van der Waals surface area (Å²) in [6.07, 6.45) is 4.51. The van der Waals surface area contributed by atoms with Gasteiger partial charge in [-0.1, -0.05) is 0 Å². The molecule has 0 fully saturated rings. The minimum Gasteiger partial charge on any atom is -0.478 e. The summed E-state index contributed by atoms with van der Waals surface area (Å²) in [5.41, 5.74) is 1.10. The van der Waals surface area contributed by atoms with Crippen LogP contribution >= 0.6 is 0 Å². The number of sulfonamides is 1. The maximum absolute atomic E-state index is 12.2. The largest absolute Gasteiger partial charge is 0.478 e. The van der Waals surface area contributed by atoms with E-state index in [1.807, 2.05) is 0 Å². The Morgan fingerprint density at radius 1 is 1.08 bits per heavy atom. The van der Waals surface area contributed by atoms with Crippen molar-refractivity contribution in [2.24, 2.45) is 0 Å². The first-order valence-corrected chi connectivity index (χ1v) is 8.38. The van der Waals surface area contributed by atoms with Crippen LogP contribution in [0.1, 0.15) is 5.56 Å². The van der Waals surface area contributed by atoms with Gasteiger partial charge in [-0.3, -0.25) is 4.79 Å². The fraction of sp³-hybridized carbons (Fsp3) is 0.0667. The van der Waals surface area contributed by atoms with Crippen LogP contribution in [0.4, 0.5) is 11.6 Å². The van der Waals surface area contributed by atoms with E-state index in [2.05, 4.69) is 20.0 Å². The molecule has 10 heteroatoms. The number of aliphatic carboxylic acids is 1. The topological polar surface area (TPSA) is 138 Å². The normalized spacial score (nSPS) is 11.2. The average Bonchev–Trinajstić information content (AvgIpc) is 2.55. The Hall–Kier alpha value is -3.27. The Labute approximate surface area is 143 Å². The Morgan fingerprint density at radius 3 is 2.24 bits per heavy atom. The van der Waals surface area contributed by atoms with Gasteiger partial charge in [0.1, 0.15) is 0 Å². The van der Waals surface area contributed by atoms with Crippen molar-refractivity contribution in [2.75, 3.05) is 10.0 Å². The van der Waals surface area contributed by atoms with E-state index in [1.165, 1.54) is 36.7 Å². The highest BCUT2D eigenvalue weighted by Crippen LogP contribution is 2.16. The minimum atomic E-state index is -3.87. The third-order valence-corrected chi connectivity index (χ3v) is 4.16. The van der Waals surface area contributed by atoms with Crippen molar-refractivity contribution < 1.29 is 23.1 Å². The van der Waals surface area contributed by atoms with Gasteiger partial charge in [0.15, 0.2) is 0 Å². The summed E-state index contributed by atoms with van der Waals surface area (Å²) < 4.78 is 26.7. The maximum Gasteiger partial charge on any atom is 0.328 e. The predicted octanol–water partition coefficient (Wildman–Crippen LogP) is 1.17. The summed E-state index contributed by atoms with van der Waals surface area (Å²) in [5.74, 6) is -1.95. The van der Waals surface area contributed by atoms with Crippen LogP contribution in [0.25, 0.3) is 0 Å². The van der Waals surface area contributed by atoms with Gasteiger partial charge in [-0.2, -0.15) is 0 Å². The van der Waals surface area contributed by atoms with E-state index in [9.17, 15) is 18.0 Å². The van der Waals surface area contributed by atoms with Gasteiger partial charge in [0.05, 0.1) is 4.90 Å². The van der Waals surface area contributed by atoms with Crippen LogP contribution in [0.3, 0.4) is 0 Å². The van der Waals surface area contributed by atoms with Crippen LogP contribution in [0, 0.1) is 6.92 Å². The van der Waals surface area contributed by atoms with Crippen molar-refractivity contribution in [3.8, 4) is 0 Å². The highest BCUT2D eigenvalue weighted by molar-refractivity contribution is 7.92. The third kappa shape index (κ3) is 5.39. The van der Waals surface area contributed by atoms with Crippen molar-refractivity contribution >= 4 is 33.5 Å². The SMILES string of the molecule is Cc1cnc(NS(=O)(=O)c2ccc(NC(=O)/C=C\C(=O)O)cc2)nc1. The summed E-state index contributed by atoms with van der Waals surface area (Å²) in [4.78, 5) is 29.5. The molecular formula is C15H14N4O5S. The number of carboxylic acids is 1. The van der Waals surface area contributed by atoms with Crippen molar-refractivity contribution in [1.82, 2.24) is 9.97 Å². The molecule has 0 saturated heterocycles. The predicted molar refractivity (Wildman–Crippen MR) is 89.4 cm³/mol. The molecule has 0 aliphatic heterocycles. The summed E-state index contributed by atoms with van der Waals surface area (Å²) in [5, 5.41) is 10.8. The number of aryl methyl sites for hydroxylation is 1. The van der Waals surface area contributed by atoms with Gasteiger partial charge in [0, 0.05) is 30.2 Å². The molecule has 0 bridgehead atoms. The molecule has 3 N–H and O–H groups in total. The van der Waals surface area contributed by atoms with E-state index < -0.39 is 21.9 Å². The monoisotopic (exact) mass is 362 g/mol. The molecule has 0 aliphatic rings. The second-order valence-electron chi connectivity index (χ2n) is 4.87. The van der Waals surface area contributed by atoms with E-state index in [0.717, 1.165) is 11.6 Å². The molecule has 0 saturated carbocycles. The molecule has 1 aromatic heterocycles. The van der Waals surface area contributed by atoms with Crippen molar-refractivity contribution in [2.45, 2.75) is 11.8 Å². The van der Waals surface area contributed by atoms with Crippen LogP contribution in [0.15, 0.2) is 53.7 Å². The van der Waals surface area contributed by atoms with Crippen LogP contribution in [0.5, 0.6) is 0 Å². The lowest BCUT2D eigenvalue weighted by atomic mass is 10.3. The van der Waals surface area contributed by atoms with Gasteiger partial charge in [-0.05, 0) is 36.8 Å². The summed E-state index contributed by atoms with van der Waals surface area (Å²) >= 11 is 0. The van der Waals surface area contributed by atoms with Crippen LogP contribution < -0.4 is 10.0 Å². The number of hydrogen-bond acceptors (Lipinski definition) is 6. The Bertz CT molecular complexity index is 906. The molecule has 25 heavy (non-hydrogen) atoms. The van der Waals surface area contributed by atoms with Gasteiger partial charge >= 0.3 is 5.97 Å². The van der Waals surface area contributed by atoms with Gasteiger partial charge in [0.25, 0.3) is 10.0 Å². The minimum absolute atomic E-state index is 0.0456. The molecule has 0 spiro atoms. The Kier molecular flexibility index (Phi) is 5.45. The quantitative estimate of drug-likeness (QED) is 0.655. The highest BCUT2D eigenvalue weighted by Gasteiger charge is 2.15. The molecule has 1 amide bonds. The number of carbonyl (C=O) groups excluding carboxylic acids is 1. The molecule has 0 aliphatic carbocycles. The molecule has 2 aromatic rings. The summed E-state index contributed by atoms with van der Waals surface area (Å²) in [6.45, 7) is 1.77. The number of nitrogens with zero attached hydrogens (tertiary/aromatic N) is 2. The van der Waals surface area contributed by atoms with E-state index in [0.29, 0.717) is 11.8 Å². The summed E-state index contributed by atoms with van der Waals surface area (Å²) in [7, 11) is -3.87. The van der Waals surface area contributed by atoms with Crippen molar-refractivity contribution in [1.29, 1.82) is 0 Å². The van der Waals surface area contributed by atoms with E-state index in [4.69, 9.17) is 5.11 Å². The molecule has 2 rings (SSSR count). The molecule has 9 nitrogen and oxygen atoms in total. The zero-order valence-corrected chi connectivity index (χ0v) is 13.8. The second kappa shape index (κ2) is 7.53. The molecule has 0 radical (unpaired) electrons. The van der Waals surface area contributed by atoms with Crippen LogP contribution in [0.2, 0.25) is 0 Å². The molecule has 0 unspecified atom stereocenters. The molecule has 1 heterocycles. The molecule has 1 aromatic carbocycles. The van der Waals surface area contributed by atoms with E-state index in [-0.39, 0.29) is 10.8 Å². The molecule has 0 atom stereocenters.